The van der Waals surface area contributed by atoms with Gasteiger partial charge in [0.1, 0.15) is 12.1 Å². The van der Waals surface area contributed by atoms with Crippen molar-refractivity contribution >= 4 is 12.1 Å². The Morgan fingerprint density at radius 3 is 2.47 bits per heavy atom. The van der Waals surface area contributed by atoms with Crippen LogP contribution in [0.2, 0.25) is 0 Å². The first-order valence-corrected chi connectivity index (χ1v) is 5.72. The van der Waals surface area contributed by atoms with Gasteiger partial charge in [-0.15, -0.1) is 0 Å². The summed E-state index contributed by atoms with van der Waals surface area (Å²) in [6.45, 7) is 4.73. The van der Waals surface area contributed by atoms with Crippen LogP contribution in [0.3, 0.4) is 0 Å². The van der Waals surface area contributed by atoms with Gasteiger partial charge in [0.15, 0.2) is 0 Å². The van der Waals surface area contributed by atoms with E-state index in [0.29, 0.717) is 0 Å². The lowest BCUT2D eigenvalue weighted by molar-refractivity contribution is -0.140. The summed E-state index contributed by atoms with van der Waals surface area (Å²) < 4.78 is 12.5. The molecule has 0 saturated heterocycles. The molecular weight excluding hydrogens is 222 g/mol. The summed E-state index contributed by atoms with van der Waals surface area (Å²) >= 11 is 0. The Balaban J connectivity index is 2.77. The third-order valence-electron chi connectivity index (χ3n) is 2.96. The average molecular weight is 244 g/mol. The van der Waals surface area contributed by atoms with Gasteiger partial charge in [0.2, 0.25) is 0 Å². The summed E-state index contributed by atoms with van der Waals surface area (Å²) in [5.74, 6) is -1.05. The SMILES string of the molecule is [2H]CC(C)(C)OC(=O)N(CC(=O)O)C1(C)CCC1. The maximum absolute atomic E-state index is 12.0. The number of ether oxygens (including phenoxy) is 1. The largest absolute Gasteiger partial charge is 0.480 e. The molecule has 0 aromatic carbocycles. The first-order valence-electron chi connectivity index (χ1n) is 6.42. The van der Waals surface area contributed by atoms with Gasteiger partial charge in [0.25, 0.3) is 0 Å². The van der Waals surface area contributed by atoms with E-state index in [0.717, 1.165) is 19.3 Å². The Bertz CT molecular complexity index is 339. The van der Waals surface area contributed by atoms with Crippen LogP contribution < -0.4 is 0 Å². The number of carboxylic acid groups (broad SMARTS) is 1. The third kappa shape index (κ3) is 3.61. The summed E-state index contributed by atoms with van der Waals surface area (Å²) in [6, 6.07) is 0. The van der Waals surface area contributed by atoms with Crippen LogP contribution in [0, 0.1) is 0 Å². The van der Waals surface area contributed by atoms with Gasteiger partial charge in [-0.1, -0.05) is 0 Å². The predicted molar refractivity (Wildman–Crippen MR) is 62.8 cm³/mol. The standard InChI is InChI=1S/C12H21NO4/c1-11(2,3)17-10(16)13(8-9(14)15)12(4)6-5-7-12/h5-8H2,1-4H3,(H,14,15)/i1D. The molecular formula is C12H21NO4. The summed E-state index contributed by atoms with van der Waals surface area (Å²) in [6.07, 6.45) is 1.92. The fraction of sp³-hybridized carbons (Fsp3) is 0.833. The van der Waals surface area contributed by atoms with Crippen LogP contribution in [0.1, 0.15) is 48.3 Å². The molecule has 0 atom stereocenters. The van der Waals surface area contributed by atoms with E-state index in [1.807, 2.05) is 6.92 Å². The van der Waals surface area contributed by atoms with Crippen molar-refractivity contribution < 1.29 is 20.8 Å². The van der Waals surface area contributed by atoms with E-state index in [1.165, 1.54) is 4.90 Å². The second kappa shape index (κ2) is 4.55. The van der Waals surface area contributed by atoms with Gasteiger partial charge in [-0.3, -0.25) is 9.69 Å². The highest BCUT2D eigenvalue weighted by Crippen LogP contribution is 2.37. The maximum atomic E-state index is 12.0. The molecule has 1 amide bonds. The van der Waals surface area contributed by atoms with Crippen LogP contribution in [-0.2, 0) is 9.53 Å². The van der Waals surface area contributed by atoms with E-state index in [1.54, 1.807) is 13.8 Å². The van der Waals surface area contributed by atoms with E-state index in [9.17, 15) is 9.59 Å². The lowest BCUT2D eigenvalue weighted by Crippen LogP contribution is -2.56. The molecule has 0 radical (unpaired) electrons. The molecule has 0 aromatic rings. The highest BCUT2D eigenvalue weighted by Gasteiger charge is 2.43. The number of rotatable bonds is 3. The lowest BCUT2D eigenvalue weighted by atomic mass is 9.77. The highest BCUT2D eigenvalue weighted by molar-refractivity contribution is 5.77. The van der Waals surface area contributed by atoms with Crippen molar-refractivity contribution in [1.29, 1.82) is 0 Å². The van der Waals surface area contributed by atoms with Crippen molar-refractivity contribution in [3.8, 4) is 0 Å². The minimum Gasteiger partial charge on any atom is -0.480 e. The molecule has 0 unspecified atom stereocenters. The Kier molecular flexibility index (Phi) is 3.26. The molecule has 5 heteroatoms. The second-order valence-electron chi connectivity index (χ2n) is 5.46. The summed E-state index contributed by atoms with van der Waals surface area (Å²) in [7, 11) is 0. The van der Waals surface area contributed by atoms with Crippen molar-refractivity contribution in [3.05, 3.63) is 0 Å². The first kappa shape index (κ1) is 12.2. The zero-order valence-electron chi connectivity index (χ0n) is 11.7. The topological polar surface area (TPSA) is 66.8 Å². The van der Waals surface area contributed by atoms with Crippen LogP contribution in [0.25, 0.3) is 0 Å². The smallest absolute Gasteiger partial charge is 0.411 e. The van der Waals surface area contributed by atoms with E-state index < -0.39 is 23.2 Å². The molecule has 17 heavy (non-hydrogen) atoms. The number of carbonyl (C=O) groups is 2. The Hall–Kier alpha value is -1.26. The molecule has 1 aliphatic rings. The Morgan fingerprint density at radius 1 is 1.53 bits per heavy atom. The van der Waals surface area contributed by atoms with Crippen molar-refractivity contribution in [2.45, 2.75) is 58.1 Å². The van der Waals surface area contributed by atoms with Crippen molar-refractivity contribution in [2.24, 2.45) is 0 Å². The Labute approximate surface area is 103 Å². The second-order valence-corrected chi connectivity index (χ2v) is 5.46. The number of carboxylic acids is 1. The van der Waals surface area contributed by atoms with Gasteiger partial charge < -0.3 is 9.84 Å². The van der Waals surface area contributed by atoms with Crippen LogP contribution in [0.4, 0.5) is 4.79 Å². The Morgan fingerprint density at radius 2 is 2.12 bits per heavy atom. The minimum absolute atomic E-state index is 0.0592. The summed E-state index contributed by atoms with van der Waals surface area (Å²) in [4.78, 5) is 24.2. The van der Waals surface area contributed by atoms with Crippen molar-refractivity contribution in [1.82, 2.24) is 4.90 Å². The van der Waals surface area contributed by atoms with Gasteiger partial charge in [-0.2, -0.15) is 0 Å². The molecule has 0 heterocycles. The number of hydrogen-bond acceptors (Lipinski definition) is 3. The summed E-state index contributed by atoms with van der Waals surface area (Å²) in [5.41, 5.74) is -1.32. The number of nitrogens with zero attached hydrogens (tertiary/aromatic N) is 1. The van der Waals surface area contributed by atoms with Crippen LogP contribution >= 0.6 is 0 Å². The predicted octanol–water partition coefficient (Wildman–Crippen LogP) is 2.25. The molecule has 98 valence electrons. The van der Waals surface area contributed by atoms with Gasteiger partial charge in [0, 0.05) is 6.91 Å². The van der Waals surface area contributed by atoms with Gasteiger partial charge in [-0.05, 0) is 46.9 Å². The number of hydrogen-bond donors (Lipinski definition) is 1. The third-order valence-corrected chi connectivity index (χ3v) is 2.96. The monoisotopic (exact) mass is 244 g/mol. The zero-order valence-corrected chi connectivity index (χ0v) is 10.7. The number of carbonyl (C=O) groups excluding carboxylic acids is 1. The zero-order chi connectivity index (χ0) is 14.0. The molecule has 1 saturated carbocycles. The van der Waals surface area contributed by atoms with Crippen molar-refractivity contribution in [3.63, 3.8) is 0 Å². The van der Waals surface area contributed by atoms with Gasteiger partial charge >= 0.3 is 12.1 Å². The quantitative estimate of drug-likeness (QED) is 0.826. The highest BCUT2D eigenvalue weighted by atomic mass is 16.6. The van der Waals surface area contributed by atoms with E-state index in [2.05, 4.69) is 0 Å². The van der Waals surface area contributed by atoms with Gasteiger partial charge in [-0.25, -0.2) is 4.79 Å². The van der Waals surface area contributed by atoms with E-state index in [4.69, 9.17) is 11.2 Å². The van der Waals surface area contributed by atoms with Gasteiger partial charge in [0.05, 0.1) is 0 Å². The fourth-order valence-corrected chi connectivity index (χ4v) is 1.86. The lowest BCUT2D eigenvalue weighted by Gasteiger charge is -2.47. The average Bonchev–Trinajstić information content (AvgIpc) is 2.21. The normalized spacial score (nSPS) is 18.9. The number of aliphatic carboxylic acids is 1. The first-order chi connectivity index (χ1) is 8.20. The van der Waals surface area contributed by atoms with Crippen LogP contribution in [-0.4, -0.2) is 39.8 Å². The maximum Gasteiger partial charge on any atom is 0.411 e. The molecule has 0 aromatic heterocycles. The molecule has 0 spiro atoms. The molecule has 0 bridgehead atoms. The molecule has 1 fully saturated rings. The number of amides is 1. The van der Waals surface area contributed by atoms with Crippen LogP contribution in [0.15, 0.2) is 0 Å². The minimum atomic E-state index is -1.05. The van der Waals surface area contributed by atoms with E-state index in [-0.39, 0.29) is 13.4 Å². The molecule has 0 aliphatic heterocycles. The molecule has 5 nitrogen and oxygen atoms in total. The molecule has 1 N–H and O–H groups in total. The summed E-state index contributed by atoms with van der Waals surface area (Å²) in [5, 5.41) is 8.88. The van der Waals surface area contributed by atoms with Crippen LogP contribution in [0.5, 0.6) is 0 Å². The van der Waals surface area contributed by atoms with E-state index >= 15 is 0 Å². The van der Waals surface area contributed by atoms with Crippen molar-refractivity contribution in [2.75, 3.05) is 6.54 Å². The fourth-order valence-electron chi connectivity index (χ4n) is 1.86. The molecule has 1 rings (SSSR count). The molecule has 1 aliphatic carbocycles.